The maximum absolute atomic E-state index is 11.1. The second kappa shape index (κ2) is 8.03. The number of benzene rings is 2. The summed E-state index contributed by atoms with van der Waals surface area (Å²) in [6.07, 6.45) is 0. The molecule has 0 heterocycles. The van der Waals surface area contributed by atoms with Gasteiger partial charge in [0, 0.05) is 0 Å². The number of nitrogens with zero attached hydrogens (tertiary/aromatic N) is 1. The zero-order valence-corrected chi connectivity index (χ0v) is 13.2. The van der Waals surface area contributed by atoms with Gasteiger partial charge in [0.05, 0.1) is 30.3 Å². The van der Waals surface area contributed by atoms with E-state index < -0.39 is 4.92 Å². The lowest BCUT2D eigenvalue weighted by molar-refractivity contribution is -0.385. The molecule has 0 bridgehead atoms. The lowest BCUT2D eigenvalue weighted by Gasteiger charge is -2.15. The van der Waals surface area contributed by atoms with Crippen LogP contribution in [0.1, 0.15) is 19.4 Å². The number of rotatable bonds is 8. The Hall–Kier alpha value is -2.76. The van der Waals surface area contributed by atoms with E-state index in [1.807, 2.05) is 37.3 Å². The summed E-state index contributed by atoms with van der Waals surface area (Å²) < 4.78 is 16.8. The molecule has 0 fully saturated rings. The third-order valence-electron chi connectivity index (χ3n) is 3.04. The second-order valence-corrected chi connectivity index (χ2v) is 4.67. The average Bonchev–Trinajstić information content (AvgIpc) is 2.56. The van der Waals surface area contributed by atoms with E-state index in [1.165, 1.54) is 12.1 Å². The fourth-order valence-corrected chi connectivity index (χ4v) is 2.06. The van der Waals surface area contributed by atoms with Gasteiger partial charge in [-0.25, -0.2) is 0 Å². The van der Waals surface area contributed by atoms with Gasteiger partial charge in [0.15, 0.2) is 11.5 Å². The van der Waals surface area contributed by atoms with E-state index >= 15 is 0 Å². The maximum Gasteiger partial charge on any atom is 0.277 e. The molecule has 0 aliphatic carbocycles. The molecule has 0 amide bonds. The van der Waals surface area contributed by atoms with Crippen LogP contribution >= 0.6 is 0 Å². The van der Waals surface area contributed by atoms with Crippen LogP contribution in [0.25, 0.3) is 0 Å². The van der Waals surface area contributed by atoms with Gasteiger partial charge in [-0.3, -0.25) is 10.1 Å². The smallest absolute Gasteiger partial charge is 0.277 e. The Bertz CT molecular complexity index is 658. The van der Waals surface area contributed by atoms with Crippen LogP contribution in [0.5, 0.6) is 17.2 Å². The minimum absolute atomic E-state index is 0.0973. The molecule has 0 saturated carbocycles. The van der Waals surface area contributed by atoms with Crippen molar-refractivity contribution in [2.75, 3.05) is 13.2 Å². The lowest BCUT2D eigenvalue weighted by atomic mass is 10.2. The molecule has 0 aliphatic heterocycles. The molecule has 6 heteroatoms. The Morgan fingerprint density at radius 2 is 1.57 bits per heavy atom. The number of ether oxygens (including phenoxy) is 3. The van der Waals surface area contributed by atoms with E-state index in [-0.39, 0.29) is 12.3 Å². The SMILES string of the molecule is CCOc1cc([N+](=O)[O-])cc(OCc2ccccc2)c1OCC. The van der Waals surface area contributed by atoms with Gasteiger partial charge in [-0.1, -0.05) is 30.3 Å². The van der Waals surface area contributed by atoms with Crippen molar-refractivity contribution in [2.45, 2.75) is 20.5 Å². The van der Waals surface area contributed by atoms with Crippen molar-refractivity contribution in [1.82, 2.24) is 0 Å². The maximum atomic E-state index is 11.1. The first kappa shape index (κ1) is 16.6. The summed E-state index contributed by atoms with van der Waals surface area (Å²) in [5, 5.41) is 11.1. The van der Waals surface area contributed by atoms with E-state index in [0.29, 0.717) is 30.5 Å². The Morgan fingerprint density at radius 1 is 0.957 bits per heavy atom. The third kappa shape index (κ3) is 4.35. The van der Waals surface area contributed by atoms with Crippen molar-refractivity contribution >= 4 is 5.69 Å². The van der Waals surface area contributed by atoms with Crippen LogP contribution in [-0.2, 0) is 6.61 Å². The van der Waals surface area contributed by atoms with Gasteiger partial charge in [-0.2, -0.15) is 0 Å². The first-order valence-electron chi connectivity index (χ1n) is 7.40. The summed E-state index contributed by atoms with van der Waals surface area (Å²) >= 11 is 0. The van der Waals surface area contributed by atoms with Gasteiger partial charge in [-0.15, -0.1) is 0 Å². The monoisotopic (exact) mass is 317 g/mol. The highest BCUT2D eigenvalue weighted by atomic mass is 16.6. The first-order chi connectivity index (χ1) is 11.2. The van der Waals surface area contributed by atoms with Crippen molar-refractivity contribution in [3.8, 4) is 17.2 Å². The molecular formula is C17H19NO5. The summed E-state index contributed by atoms with van der Waals surface area (Å²) in [7, 11) is 0. The summed E-state index contributed by atoms with van der Waals surface area (Å²) in [5.41, 5.74) is 0.861. The molecule has 0 aromatic heterocycles. The quantitative estimate of drug-likeness (QED) is 0.544. The lowest BCUT2D eigenvalue weighted by Crippen LogP contribution is -2.04. The molecular weight excluding hydrogens is 298 g/mol. The fourth-order valence-electron chi connectivity index (χ4n) is 2.06. The van der Waals surface area contributed by atoms with Crippen molar-refractivity contribution in [3.63, 3.8) is 0 Å². The highest BCUT2D eigenvalue weighted by Gasteiger charge is 2.20. The minimum atomic E-state index is -0.479. The summed E-state index contributed by atoms with van der Waals surface area (Å²) in [6.45, 7) is 4.70. The van der Waals surface area contributed by atoms with Crippen LogP contribution in [0.15, 0.2) is 42.5 Å². The van der Waals surface area contributed by atoms with Crippen LogP contribution in [0.3, 0.4) is 0 Å². The number of nitro benzene ring substituents is 1. The number of nitro groups is 1. The molecule has 0 saturated heterocycles. The summed E-state index contributed by atoms with van der Waals surface area (Å²) in [5.74, 6) is 0.996. The molecule has 2 aromatic rings. The average molecular weight is 317 g/mol. The van der Waals surface area contributed by atoms with Crippen LogP contribution in [0, 0.1) is 10.1 Å². The van der Waals surface area contributed by atoms with Crippen molar-refractivity contribution in [1.29, 1.82) is 0 Å². The van der Waals surface area contributed by atoms with Gasteiger partial charge in [-0.05, 0) is 19.4 Å². The molecule has 0 unspecified atom stereocenters. The molecule has 23 heavy (non-hydrogen) atoms. The van der Waals surface area contributed by atoms with Crippen LogP contribution in [0.2, 0.25) is 0 Å². The van der Waals surface area contributed by atoms with E-state index in [4.69, 9.17) is 14.2 Å². The normalized spacial score (nSPS) is 10.2. The van der Waals surface area contributed by atoms with Gasteiger partial charge in [0.2, 0.25) is 5.75 Å². The molecule has 0 atom stereocenters. The minimum Gasteiger partial charge on any atom is -0.490 e. The summed E-state index contributed by atoms with van der Waals surface area (Å²) in [4.78, 5) is 10.6. The highest BCUT2D eigenvalue weighted by molar-refractivity contribution is 5.58. The van der Waals surface area contributed by atoms with E-state index in [9.17, 15) is 10.1 Å². The van der Waals surface area contributed by atoms with E-state index in [1.54, 1.807) is 6.92 Å². The second-order valence-electron chi connectivity index (χ2n) is 4.67. The van der Waals surface area contributed by atoms with Crippen molar-refractivity contribution < 1.29 is 19.1 Å². The Labute approximate surface area is 134 Å². The Balaban J connectivity index is 2.35. The molecule has 122 valence electrons. The van der Waals surface area contributed by atoms with Gasteiger partial charge >= 0.3 is 0 Å². The number of hydrogen-bond donors (Lipinski definition) is 0. The molecule has 2 rings (SSSR count). The number of non-ortho nitro benzene ring substituents is 1. The molecule has 0 spiro atoms. The topological polar surface area (TPSA) is 70.8 Å². The molecule has 0 aliphatic rings. The Kier molecular flexibility index (Phi) is 5.80. The third-order valence-corrected chi connectivity index (χ3v) is 3.04. The largest absolute Gasteiger partial charge is 0.490 e. The van der Waals surface area contributed by atoms with Crippen LogP contribution < -0.4 is 14.2 Å². The fraction of sp³-hybridized carbons (Fsp3) is 0.294. The molecule has 0 N–H and O–H groups in total. The standard InChI is InChI=1S/C17H19NO5/c1-3-21-15-10-14(18(19)20)11-16(17(15)22-4-2)23-12-13-8-6-5-7-9-13/h5-11H,3-4,12H2,1-2H3. The van der Waals surface area contributed by atoms with Crippen molar-refractivity contribution in [2.24, 2.45) is 0 Å². The van der Waals surface area contributed by atoms with E-state index in [2.05, 4.69) is 0 Å². The highest BCUT2D eigenvalue weighted by Crippen LogP contribution is 2.41. The predicted molar refractivity (Wildman–Crippen MR) is 86.2 cm³/mol. The molecule has 2 aromatic carbocycles. The Morgan fingerprint density at radius 3 is 2.13 bits per heavy atom. The van der Waals surface area contributed by atoms with Gasteiger partial charge in [0.1, 0.15) is 6.61 Å². The first-order valence-corrected chi connectivity index (χ1v) is 7.40. The predicted octanol–water partition coefficient (Wildman–Crippen LogP) is 3.97. The zero-order chi connectivity index (χ0) is 16.7. The van der Waals surface area contributed by atoms with Crippen molar-refractivity contribution in [3.05, 3.63) is 58.1 Å². The van der Waals surface area contributed by atoms with Crippen LogP contribution in [-0.4, -0.2) is 18.1 Å². The van der Waals surface area contributed by atoms with E-state index in [0.717, 1.165) is 5.56 Å². The van der Waals surface area contributed by atoms with Gasteiger partial charge < -0.3 is 14.2 Å². The zero-order valence-electron chi connectivity index (χ0n) is 13.2. The van der Waals surface area contributed by atoms with Crippen LogP contribution in [0.4, 0.5) is 5.69 Å². The van der Waals surface area contributed by atoms with Gasteiger partial charge in [0.25, 0.3) is 5.69 Å². The molecule has 0 radical (unpaired) electrons. The summed E-state index contributed by atoms with van der Waals surface area (Å²) in [6, 6.07) is 12.3. The number of hydrogen-bond acceptors (Lipinski definition) is 5. The molecule has 6 nitrogen and oxygen atoms in total.